The van der Waals surface area contributed by atoms with Gasteiger partial charge in [-0.3, -0.25) is 19.3 Å². The number of thioether (sulfide) groups is 1. The Kier molecular flexibility index (Phi) is 8.51. The molecule has 5 atom stereocenters. The number of esters is 1. The van der Waals surface area contributed by atoms with Crippen molar-refractivity contribution in [3.63, 3.8) is 0 Å². The highest BCUT2D eigenvalue weighted by Crippen LogP contribution is 2.41. The normalized spacial score (nSPS) is 24.1. The Hall–Kier alpha value is -3.70. The van der Waals surface area contributed by atoms with Crippen LogP contribution in [0.2, 0.25) is 0 Å². The monoisotopic (exact) mass is 563 g/mol. The molecule has 0 aliphatic carbocycles. The number of amides is 2. The van der Waals surface area contributed by atoms with E-state index in [2.05, 4.69) is 0 Å². The number of aliphatic hydroxyl groups is 1. The van der Waals surface area contributed by atoms with Crippen molar-refractivity contribution < 1.29 is 38.4 Å². The van der Waals surface area contributed by atoms with Gasteiger partial charge < -0.3 is 24.1 Å². The van der Waals surface area contributed by atoms with Crippen molar-refractivity contribution in [2.24, 2.45) is 0 Å². The van der Waals surface area contributed by atoms with Gasteiger partial charge in [0.05, 0.1) is 31.5 Å². The second-order valence-corrected chi connectivity index (χ2v) is 10.5. The lowest BCUT2D eigenvalue weighted by Gasteiger charge is -2.47. The van der Waals surface area contributed by atoms with Crippen molar-refractivity contribution in [1.29, 1.82) is 0 Å². The Labute approximate surface area is 236 Å². The molecule has 2 amide bonds. The minimum Gasteiger partial charge on any atom is -0.497 e. The topological polar surface area (TPSA) is 112 Å². The molecule has 5 rings (SSSR count). The maximum absolute atomic E-state index is 13.7. The average molecular weight is 564 g/mol. The number of carbonyl (C=O) groups is 3. The van der Waals surface area contributed by atoms with E-state index in [1.54, 1.807) is 43.5 Å². The molecule has 2 aliphatic heterocycles. The highest BCUT2D eigenvalue weighted by atomic mass is 32.2. The van der Waals surface area contributed by atoms with Crippen LogP contribution in [0, 0.1) is 0 Å². The third-order valence-corrected chi connectivity index (χ3v) is 7.98. The fraction of sp³-hybridized carbons (Fsp3) is 0.300. The zero-order chi connectivity index (χ0) is 28.2. The number of ether oxygens (including phenoxy) is 4. The van der Waals surface area contributed by atoms with Crippen LogP contribution in [-0.4, -0.2) is 71.3 Å². The van der Waals surface area contributed by atoms with Gasteiger partial charge >= 0.3 is 5.97 Å². The Morgan fingerprint density at radius 3 is 2.12 bits per heavy atom. The number of imide groups is 1. The number of methoxy groups -OCH3 is 1. The van der Waals surface area contributed by atoms with Gasteiger partial charge in [0.25, 0.3) is 11.8 Å². The quantitative estimate of drug-likeness (QED) is 0.308. The van der Waals surface area contributed by atoms with E-state index in [0.717, 1.165) is 15.4 Å². The van der Waals surface area contributed by atoms with E-state index in [9.17, 15) is 19.5 Å². The number of hydrogen-bond donors (Lipinski definition) is 1. The second-order valence-electron chi connectivity index (χ2n) is 9.37. The molecule has 208 valence electrons. The maximum atomic E-state index is 13.7. The fourth-order valence-corrected chi connectivity index (χ4v) is 6.15. The SMILES string of the molecule is COc1ccc(CO[C@H]2[C@@H](OC(C)=O)[C@@H](CO)O[C@@H](Sc3ccccc3)[C@@H]2N2C(=O)c3ccccc3C2=O)cc1. The molecule has 0 saturated carbocycles. The molecule has 2 aliphatic rings. The van der Waals surface area contributed by atoms with Crippen molar-refractivity contribution >= 4 is 29.5 Å². The molecule has 3 aromatic carbocycles. The summed E-state index contributed by atoms with van der Waals surface area (Å²) in [6, 6.07) is 22.2. The van der Waals surface area contributed by atoms with E-state index in [-0.39, 0.29) is 17.7 Å². The van der Waals surface area contributed by atoms with E-state index in [1.165, 1.54) is 18.7 Å². The van der Waals surface area contributed by atoms with E-state index in [4.69, 9.17) is 18.9 Å². The first-order chi connectivity index (χ1) is 19.4. The van der Waals surface area contributed by atoms with Crippen molar-refractivity contribution in [2.75, 3.05) is 13.7 Å². The zero-order valence-electron chi connectivity index (χ0n) is 22.0. The Bertz CT molecular complexity index is 1330. The maximum Gasteiger partial charge on any atom is 0.303 e. The Morgan fingerprint density at radius 1 is 0.925 bits per heavy atom. The first-order valence-electron chi connectivity index (χ1n) is 12.8. The predicted molar refractivity (Wildman–Crippen MR) is 146 cm³/mol. The molecule has 0 unspecified atom stereocenters. The molecule has 0 radical (unpaired) electrons. The zero-order valence-corrected chi connectivity index (χ0v) is 22.8. The van der Waals surface area contributed by atoms with Gasteiger partial charge in [-0.25, -0.2) is 0 Å². The van der Waals surface area contributed by atoms with Crippen LogP contribution in [0.15, 0.2) is 83.8 Å². The molecule has 40 heavy (non-hydrogen) atoms. The average Bonchev–Trinajstić information content (AvgIpc) is 3.22. The molecule has 9 nitrogen and oxygen atoms in total. The van der Waals surface area contributed by atoms with Crippen molar-refractivity contribution in [1.82, 2.24) is 4.90 Å². The van der Waals surface area contributed by atoms with Gasteiger partial charge in [0.2, 0.25) is 0 Å². The predicted octanol–water partition coefficient (Wildman–Crippen LogP) is 3.69. The minimum absolute atomic E-state index is 0.0764. The van der Waals surface area contributed by atoms with Gasteiger partial charge in [0.1, 0.15) is 29.4 Å². The molecule has 10 heteroatoms. The van der Waals surface area contributed by atoms with Crippen molar-refractivity contribution in [3.05, 3.63) is 95.6 Å². The standard InChI is InChI=1S/C30H29NO8S/c1-18(33)38-26-24(16-32)39-30(40-21-8-4-3-5-9-21)25(27(26)37-17-19-12-14-20(36-2)15-13-19)31-28(34)22-10-6-7-11-23(22)29(31)35/h3-15,24-27,30,32H,16-17H2,1-2H3/t24-,25-,26+,27-,30+/m1/s1. The molecule has 1 fully saturated rings. The summed E-state index contributed by atoms with van der Waals surface area (Å²) in [7, 11) is 1.57. The molecular formula is C30H29NO8S. The highest BCUT2D eigenvalue weighted by molar-refractivity contribution is 7.99. The number of rotatable bonds is 9. The smallest absolute Gasteiger partial charge is 0.303 e. The summed E-state index contributed by atoms with van der Waals surface area (Å²) in [5.41, 5.74) is 0.508. The molecule has 0 aromatic heterocycles. The van der Waals surface area contributed by atoms with Crippen LogP contribution in [-0.2, 0) is 25.6 Å². The summed E-state index contributed by atoms with van der Waals surface area (Å²) in [4.78, 5) is 41.5. The molecule has 2 heterocycles. The first-order valence-corrected chi connectivity index (χ1v) is 13.7. The summed E-state index contributed by atoms with van der Waals surface area (Å²) in [5, 5.41) is 10.3. The molecule has 1 N–H and O–H groups in total. The number of benzene rings is 3. The molecule has 1 saturated heterocycles. The van der Waals surface area contributed by atoms with E-state index < -0.39 is 54.2 Å². The van der Waals surface area contributed by atoms with Gasteiger partial charge in [-0.2, -0.15) is 0 Å². The third-order valence-electron chi connectivity index (χ3n) is 6.82. The van der Waals surface area contributed by atoms with Crippen LogP contribution in [0.5, 0.6) is 5.75 Å². The van der Waals surface area contributed by atoms with Gasteiger partial charge in [-0.05, 0) is 42.0 Å². The number of fused-ring (bicyclic) bond motifs is 1. The lowest BCUT2D eigenvalue weighted by Crippen LogP contribution is -2.65. The molecule has 3 aromatic rings. The van der Waals surface area contributed by atoms with E-state index in [1.807, 2.05) is 42.5 Å². The minimum atomic E-state index is -1.09. The lowest BCUT2D eigenvalue weighted by atomic mass is 9.96. The van der Waals surface area contributed by atoms with Gasteiger partial charge in [-0.1, -0.05) is 54.2 Å². The number of hydrogen-bond acceptors (Lipinski definition) is 9. The van der Waals surface area contributed by atoms with Gasteiger partial charge in [-0.15, -0.1) is 0 Å². The largest absolute Gasteiger partial charge is 0.497 e. The Balaban J connectivity index is 1.56. The lowest BCUT2D eigenvalue weighted by molar-refractivity contribution is -0.216. The summed E-state index contributed by atoms with van der Waals surface area (Å²) in [6.07, 6.45) is -3.07. The Morgan fingerprint density at radius 2 is 1.55 bits per heavy atom. The van der Waals surface area contributed by atoms with Crippen LogP contribution in [0.3, 0.4) is 0 Å². The van der Waals surface area contributed by atoms with E-state index in [0.29, 0.717) is 5.75 Å². The summed E-state index contributed by atoms with van der Waals surface area (Å²) in [5.74, 6) is -0.915. The summed E-state index contributed by atoms with van der Waals surface area (Å²) >= 11 is 1.30. The molecule has 0 spiro atoms. The van der Waals surface area contributed by atoms with Crippen LogP contribution >= 0.6 is 11.8 Å². The first kappa shape index (κ1) is 27.9. The second kappa shape index (κ2) is 12.2. The number of aliphatic hydroxyl groups excluding tert-OH is 1. The van der Waals surface area contributed by atoms with Crippen LogP contribution in [0.1, 0.15) is 33.2 Å². The van der Waals surface area contributed by atoms with Crippen molar-refractivity contribution in [3.8, 4) is 5.75 Å². The van der Waals surface area contributed by atoms with E-state index >= 15 is 0 Å². The summed E-state index contributed by atoms with van der Waals surface area (Å²) < 4.78 is 23.6. The van der Waals surface area contributed by atoms with Crippen molar-refractivity contribution in [2.45, 2.75) is 48.2 Å². The molecular weight excluding hydrogens is 534 g/mol. The van der Waals surface area contributed by atoms with Gasteiger partial charge in [0.15, 0.2) is 6.10 Å². The van der Waals surface area contributed by atoms with Gasteiger partial charge in [0, 0.05) is 11.8 Å². The fourth-order valence-electron chi connectivity index (χ4n) is 4.96. The number of nitrogens with zero attached hydrogens (tertiary/aromatic N) is 1. The highest BCUT2D eigenvalue weighted by Gasteiger charge is 2.55. The van der Waals surface area contributed by atoms with Crippen LogP contribution in [0.4, 0.5) is 0 Å². The summed E-state index contributed by atoms with van der Waals surface area (Å²) in [6.45, 7) is 0.852. The van der Waals surface area contributed by atoms with Crippen LogP contribution < -0.4 is 4.74 Å². The van der Waals surface area contributed by atoms with Crippen LogP contribution in [0.25, 0.3) is 0 Å². The third kappa shape index (κ3) is 5.62. The molecule has 0 bridgehead atoms. The number of carbonyl (C=O) groups excluding carboxylic acids is 3.